The lowest BCUT2D eigenvalue weighted by Crippen LogP contribution is -2.45. The van der Waals surface area contributed by atoms with Crippen LogP contribution in [0.1, 0.15) is 32.6 Å². The van der Waals surface area contributed by atoms with Gasteiger partial charge >= 0.3 is 17.8 Å². The van der Waals surface area contributed by atoms with Crippen LogP contribution in [0.4, 0.5) is 10.5 Å². The van der Waals surface area contributed by atoms with Gasteiger partial charge in [-0.05, 0) is 68.2 Å². The van der Waals surface area contributed by atoms with Gasteiger partial charge in [-0.3, -0.25) is 19.3 Å². The zero-order valence-electron chi connectivity index (χ0n) is 15.6. The molecule has 28 heavy (non-hydrogen) atoms. The molecule has 8 heteroatoms. The third-order valence-electron chi connectivity index (χ3n) is 6.33. The van der Waals surface area contributed by atoms with E-state index in [0.717, 1.165) is 29.1 Å². The van der Waals surface area contributed by atoms with Crippen molar-refractivity contribution in [2.75, 3.05) is 11.9 Å². The summed E-state index contributed by atoms with van der Waals surface area (Å²) in [6.07, 6.45) is 4.48. The fraction of sp³-hybridized carbons (Fsp3) is 0.500. The van der Waals surface area contributed by atoms with Gasteiger partial charge in [-0.25, -0.2) is 9.69 Å². The third-order valence-corrected chi connectivity index (χ3v) is 6.59. The quantitative estimate of drug-likeness (QED) is 0.605. The fourth-order valence-corrected chi connectivity index (χ4v) is 5.10. The van der Waals surface area contributed by atoms with Gasteiger partial charge < -0.3 is 5.32 Å². The standard InChI is InChI=1S/C20H22ClN3O4/c1-11(16-9-12-2-3-13(16)8-12)24-19(27)18(26)23(20(24)28)10-17(25)22-15-6-4-14(21)5-7-15/h4-7,11-13,16H,2-3,8-10H2,1H3,(H,22,25)/t11-,12+,13+,16+/m0/s1. The number of halogens is 1. The first-order valence-corrected chi connectivity index (χ1v) is 9.97. The molecule has 2 saturated carbocycles. The van der Waals surface area contributed by atoms with Gasteiger partial charge in [-0.2, -0.15) is 0 Å². The van der Waals surface area contributed by atoms with Crippen molar-refractivity contribution >= 4 is 41.0 Å². The normalized spacial score (nSPS) is 27.6. The topological polar surface area (TPSA) is 86.8 Å². The molecule has 1 aromatic carbocycles. The van der Waals surface area contributed by atoms with Crippen LogP contribution in [-0.4, -0.2) is 46.1 Å². The summed E-state index contributed by atoms with van der Waals surface area (Å²) in [6.45, 7) is 1.34. The van der Waals surface area contributed by atoms with Crippen LogP contribution in [0.25, 0.3) is 0 Å². The van der Waals surface area contributed by atoms with Crippen molar-refractivity contribution in [2.24, 2.45) is 17.8 Å². The Morgan fingerprint density at radius 1 is 1.14 bits per heavy atom. The lowest BCUT2D eigenvalue weighted by atomic mass is 9.83. The molecule has 1 saturated heterocycles. The highest BCUT2D eigenvalue weighted by Crippen LogP contribution is 2.50. The number of rotatable bonds is 5. The number of carbonyl (C=O) groups excluding carboxylic acids is 4. The Hall–Kier alpha value is -2.41. The van der Waals surface area contributed by atoms with Crippen LogP contribution in [0.5, 0.6) is 0 Å². The molecule has 4 rings (SSSR count). The van der Waals surface area contributed by atoms with Crippen LogP contribution in [-0.2, 0) is 14.4 Å². The molecule has 3 fully saturated rings. The first kappa shape index (κ1) is 18.9. The minimum Gasteiger partial charge on any atom is -0.325 e. The van der Waals surface area contributed by atoms with Crippen LogP contribution in [0.15, 0.2) is 24.3 Å². The van der Waals surface area contributed by atoms with E-state index in [0.29, 0.717) is 22.5 Å². The van der Waals surface area contributed by atoms with Gasteiger partial charge in [-0.15, -0.1) is 0 Å². The molecule has 1 heterocycles. The molecule has 1 aliphatic heterocycles. The van der Waals surface area contributed by atoms with Crippen molar-refractivity contribution in [3.05, 3.63) is 29.3 Å². The van der Waals surface area contributed by atoms with Crippen LogP contribution in [0.2, 0.25) is 5.02 Å². The Balaban J connectivity index is 1.43. The minimum atomic E-state index is -0.939. The van der Waals surface area contributed by atoms with Crippen molar-refractivity contribution in [2.45, 2.75) is 38.6 Å². The number of benzene rings is 1. The SMILES string of the molecule is C[C@@H]([C@H]1C[C@@H]2CC[C@@H]1C2)N1C(=O)C(=O)N(CC(=O)Nc2ccc(Cl)cc2)C1=O. The summed E-state index contributed by atoms with van der Waals surface area (Å²) in [4.78, 5) is 51.7. The molecular formula is C20H22ClN3O4. The van der Waals surface area contributed by atoms with E-state index in [4.69, 9.17) is 11.6 Å². The molecule has 0 aromatic heterocycles. The zero-order chi connectivity index (χ0) is 20.0. The van der Waals surface area contributed by atoms with Crippen LogP contribution >= 0.6 is 11.6 Å². The number of anilines is 1. The Morgan fingerprint density at radius 3 is 2.46 bits per heavy atom. The van der Waals surface area contributed by atoms with E-state index in [1.807, 2.05) is 6.92 Å². The molecule has 4 atom stereocenters. The van der Waals surface area contributed by atoms with E-state index in [2.05, 4.69) is 5.32 Å². The molecular weight excluding hydrogens is 382 g/mol. The third kappa shape index (κ3) is 3.28. The average Bonchev–Trinajstić information content (AvgIpc) is 3.35. The highest BCUT2D eigenvalue weighted by molar-refractivity contribution is 6.45. The van der Waals surface area contributed by atoms with Crippen LogP contribution in [0, 0.1) is 17.8 Å². The molecule has 1 aromatic rings. The van der Waals surface area contributed by atoms with Gasteiger partial charge in [0.1, 0.15) is 6.54 Å². The van der Waals surface area contributed by atoms with Gasteiger partial charge in [0.15, 0.2) is 0 Å². The van der Waals surface area contributed by atoms with E-state index in [-0.39, 0.29) is 12.0 Å². The highest BCUT2D eigenvalue weighted by atomic mass is 35.5. The van der Waals surface area contributed by atoms with Crippen LogP contribution < -0.4 is 5.32 Å². The number of amides is 5. The van der Waals surface area contributed by atoms with Crippen molar-refractivity contribution < 1.29 is 19.2 Å². The summed E-state index contributed by atoms with van der Waals surface area (Å²) >= 11 is 5.81. The number of carbonyl (C=O) groups is 4. The molecule has 0 radical (unpaired) electrons. The maximum absolute atomic E-state index is 12.8. The van der Waals surface area contributed by atoms with E-state index < -0.39 is 30.3 Å². The predicted molar refractivity (Wildman–Crippen MR) is 102 cm³/mol. The van der Waals surface area contributed by atoms with E-state index >= 15 is 0 Å². The second-order valence-corrected chi connectivity index (χ2v) is 8.42. The molecule has 7 nitrogen and oxygen atoms in total. The van der Waals surface area contributed by atoms with Gasteiger partial charge in [0.05, 0.1) is 0 Å². The van der Waals surface area contributed by atoms with Gasteiger partial charge in [-0.1, -0.05) is 18.0 Å². The highest BCUT2D eigenvalue weighted by Gasteiger charge is 2.52. The second-order valence-electron chi connectivity index (χ2n) is 7.98. The number of urea groups is 1. The molecule has 1 N–H and O–H groups in total. The fourth-order valence-electron chi connectivity index (χ4n) is 4.97. The van der Waals surface area contributed by atoms with Gasteiger partial charge in [0.25, 0.3) is 0 Å². The first-order chi connectivity index (χ1) is 13.3. The summed E-state index contributed by atoms with van der Waals surface area (Å²) < 4.78 is 0. The number of fused-ring (bicyclic) bond motifs is 2. The van der Waals surface area contributed by atoms with Crippen molar-refractivity contribution in [3.63, 3.8) is 0 Å². The second kappa shape index (κ2) is 7.20. The van der Waals surface area contributed by atoms with E-state index in [1.165, 1.54) is 6.42 Å². The molecule has 0 unspecified atom stereocenters. The summed E-state index contributed by atoms with van der Waals surface area (Å²) in [7, 11) is 0. The summed E-state index contributed by atoms with van der Waals surface area (Å²) in [5.41, 5.74) is 0.493. The van der Waals surface area contributed by atoms with Gasteiger partial charge in [0.2, 0.25) is 5.91 Å². The molecule has 0 spiro atoms. The Bertz CT molecular complexity index is 840. The summed E-state index contributed by atoms with van der Waals surface area (Å²) in [6, 6.07) is 5.43. The Morgan fingerprint density at radius 2 is 1.86 bits per heavy atom. The zero-order valence-corrected chi connectivity index (χ0v) is 16.3. The monoisotopic (exact) mass is 403 g/mol. The van der Waals surface area contributed by atoms with Gasteiger partial charge in [0, 0.05) is 16.8 Å². The lowest BCUT2D eigenvalue weighted by molar-refractivity contribution is -0.144. The van der Waals surface area contributed by atoms with Crippen molar-refractivity contribution in [3.8, 4) is 0 Å². The molecule has 5 amide bonds. The molecule has 3 aliphatic rings. The van der Waals surface area contributed by atoms with E-state index in [9.17, 15) is 19.2 Å². The van der Waals surface area contributed by atoms with E-state index in [1.54, 1.807) is 24.3 Å². The minimum absolute atomic E-state index is 0.238. The number of imide groups is 2. The average molecular weight is 404 g/mol. The predicted octanol–water partition coefficient (Wildman–Crippen LogP) is 2.89. The summed E-state index contributed by atoms with van der Waals surface area (Å²) in [5, 5.41) is 3.13. The number of nitrogens with one attached hydrogen (secondary N) is 1. The maximum Gasteiger partial charge on any atom is 0.334 e. The number of hydrogen-bond donors (Lipinski definition) is 1. The summed E-state index contributed by atoms with van der Waals surface area (Å²) in [5.74, 6) is -0.903. The van der Waals surface area contributed by atoms with Crippen molar-refractivity contribution in [1.29, 1.82) is 0 Å². The molecule has 148 valence electrons. The Labute approximate surface area is 168 Å². The lowest BCUT2D eigenvalue weighted by Gasteiger charge is -2.32. The smallest absolute Gasteiger partial charge is 0.325 e. The molecule has 2 aliphatic carbocycles. The maximum atomic E-state index is 12.8. The number of nitrogens with zero attached hydrogens (tertiary/aromatic N) is 2. The number of hydrogen-bond acceptors (Lipinski definition) is 4. The van der Waals surface area contributed by atoms with Crippen LogP contribution in [0.3, 0.4) is 0 Å². The van der Waals surface area contributed by atoms with Crippen molar-refractivity contribution in [1.82, 2.24) is 9.80 Å². The molecule has 2 bridgehead atoms. The largest absolute Gasteiger partial charge is 0.334 e. The first-order valence-electron chi connectivity index (χ1n) is 9.59. The Kier molecular flexibility index (Phi) is 4.87.